The zero-order valence-corrected chi connectivity index (χ0v) is 23.1. The Bertz CT molecular complexity index is 1290. The summed E-state index contributed by atoms with van der Waals surface area (Å²) in [6.07, 6.45) is 9.87. The minimum Gasteiger partial charge on any atom is -0.371 e. The first-order valence-electron chi connectivity index (χ1n) is 13.8. The number of amides is 1. The van der Waals surface area contributed by atoms with E-state index in [1.807, 2.05) is 4.90 Å². The molecule has 2 unspecified atom stereocenters. The van der Waals surface area contributed by atoms with Crippen LogP contribution in [0.5, 0.6) is 0 Å². The molecular formula is C27H38N6O4S. The van der Waals surface area contributed by atoms with E-state index in [1.54, 1.807) is 0 Å². The molecule has 4 aliphatic heterocycles. The Morgan fingerprint density at radius 3 is 2.55 bits per heavy atom. The minimum atomic E-state index is -3.44. The number of morpholine rings is 1. The van der Waals surface area contributed by atoms with Gasteiger partial charge in [-0.3, -0.25) is 9.62 Å². The first-order chi connectivity index (χ1) is 18.2. The number of hydrogen-bond acceptors (Lipinski definition) is 7. The van der Waals surface area contributed by atoms with Crippen LogP contribution in [0.15, 0.2) is 30.5 Å². The van der Waals surface area contributed by atoms with E-state index in [2.05, 4.69) is 44.7 Å². The lowest BCUT2D eigenvalue weighted by atomic mass is 9.84. The average molecular weight is 543 g/mol. The molecule has 1 aromatic heterocycles. The van der Waals surface area contributed by atoms with E-state index in [9.17, 15) is 13.2 Å². The van der Waals surface area contributed by atoms with Crippen molar-refractivity contribution < 1.29 is 17.9 Å². The molecule has 11 heteroatoms. The van der Waals surface area contributed by atoms with Crippen LogP contribution in [0.1, 0.15) is 49.7 Å². The molecule has 2 atom stereocenters. The van der Waals surface area contributed by atoms with Crippen LogP contribution < -0.4 is 9.62 Å². The zero-order valence-electron chi connectivity index (χ0n) is 22.3. The third-order valence-corrected chi connectivity index (χ3v) is 9.52. The Morgan fingerprint density at radius 1 is 1.11 bits per heavy atom. The minimum absolute atomic E-state index is 0.115. The summed E-state index contributed by atoms with van der Waals surface area (Å²) in [5.74, 6) is 0.152. The van der Waals surface area contributed by atoms with Gasteiger partial charge in [0.15, 0.2) is 5.82 Å². The largest absolute Gasteiger partial charge is 0.371 e. The van der Waals surface area contributed by atoms with Crippen LogP contribution in [0.25, 0.3) is 0 Å². The van der Waals surface area contributed by atoms with Crippen molar-refractivity contribution in [1.29, 1.82) is 0 Å². The number of nitrogens with zero attached hydrogens (tertiary/aromatic N) is 5. The molecule has 4 aliphatic rings. The van der Waals surface area contributed by atoms with Crippen LogP contribution >= 0.6 is 0 Å². The predicted octanol–water partition coefficient (Wildman–Crippen LogP) is 3.03. The van der Waals surface area contributed by atoms with Gasteiger partial charge < -0.3 is 14.5 Å². The summed E-state index contributed by atoms with van der Waals surface area (Å²) in [4.78, 5) is 20.1. The molecule has 0 aliphatic carbocycles. The van der Waals surface area contributed by atoms with Crippen molar-refractivity contribution in [3.63, 3.8) is 0 Å². The van der Waals surface area contributed by atoms with E-state index in [1.165, 1.54) is 53.0 Å². The smallest absolute Gasteiger partial charge is 0.344 e. The number of rotatable bonds is 5. The fourth-order valence-electron chi connectivity index (χ4n) is 6.94. The number of anilines is 2. The van der Waals surface area contributed by atoms with E-state index in [0.717, 1.165) is 51.7 Å². The Kier molecular flexibility index (Phi) is 6.64. The number of carbonyl (C=O) groups is 1. The molecule has 0 saturated carbocycles. The van der Waals surface area contributed by atoms with Gasteiger partial charge in [-0.05, 0) is 69.2 Å². The highest BCUT2D eigenvalue weighted by atomic mass is 32.2. The molecular weight excluding hydrogens is 504 g/mol. The number of hydrogen-bond donors (Lipinski definition) is 1. The fraction of sp³-hybridized carbons (Fsp3) is 0.630. The SMILES string of the molecule is Cc1c(CN2CCCC23CCN(C(=O)n2ccc(NS(C)(=O)=O)n2)CC3)cccc1N1CC2CCC(C1)O2. The van der Waals surface area contributed by atoms with E-state index < -0.39 is 10.0 Å². The van der Waals surface area contributed by atoms with Crippen molar-refractivity contribution in [2.75, 3.05) is 48.6 Å². The molecule has 1 N–H and O–H groups in total. The molecule has 6 rings (SSSR count). The van der Waals surface area contributed by atoms with Crippen molar-refractivity contribution in [1.82, 2.24) is 19.6 Å². The van der Waals surface area contributed by atoms with E-state index in [4.69, 9.17) is 4.74 Å². The molecule has 2 aromatic rings. The first kappa shape index (κ1) is 25.6. The zero-order chi connectivity index (χ0) is 26.5. The van der Waals surface area contributed by atoms with Crippen molar-refractivity contribution in [3.05, 3.63) is 41.6 Å². The van der Waals surface area contributed by atoms with Gasteiger partial charge in [0.05, 0.1) is 18.5 Å². The highest BCUT2D eigenvalue weighted by Crippen LogP contribution is 2.40. The van der Waals surface area contributed by atoms with Gasteiger partial charge in [0.1, 0.15) is 0 Å². The maximum absolute atomic E-state index is 13.1. The van der Waals surface area contributed by atoms with Crippen LogP contribution in [0.3, 0.4) is 0 Å². The summed E-state index contributed by atoms with van der Waals surface area (Å²) in [5.41, 5.74) is 4.23. The maximum atomic E-state index is 13.1. The Labute approximate surface area is 225 Å². The van der Waals surface area contributed by atoms with Crippen LogP contribution in [-0.2, 0) is 21.3 Å². The monoisotopic (exact) mass is 542 g/mol. The summed E-state index contributed by atoms with van der Waals surface area (Å²) in [5, 5.41) is 4.11. The lowest BCUT2D eigenvalue weighted by Crippen LogP contribution is -2.53. The molecule has 10 nitrogen and oxygen atoms in total. The fourth-order valence-corrected chi connectivity index (χ4v) is 7.43. The molecule has 4 fully saturated rings. The van der Waals surface area contributed by atoms with Crippen molar-refractivity contribution >= 4 is 27.6 Å². The summed E-state index contributed by atoms with van der Waals surface area (Å²) < 4.78 is 32.5. The van der Waals surface area contributed by atoms with Crippen molar-refractivity contribution in [2.24, 2.45) is 0 Å². The number of sulfonamides is 1. The Balaban J connectivity index is 1.11. The number of piperidine rings is 1. The standard InChI is InChI=1S/C27H38N6O4S/c1-20-21(5-3-6-24(20)31-18-22-7-8-23(19-31)37-22)17-32-13-4-10-27(32)11-15-30(16-12-27)26(34)33-14-9-25(28-33)29-38(2,35)36/h3,5-6,9,14,22-23H,4,7-8,10-13,15-19H2,1-2H3,(H,28,29). The van der Waals surface area contributed by atoms with Crippen LogP contribution in [-0.4, -0.2) is 90.8 Å². The molecule has 2 bridgehead atoms. The van der Waals surface area contributed by atoms with Gasteiger partial charge in [0.2, 0.25) is 10.0 Å². The van der Waals surface area contributed by atoms with Gasteiger partial charge in [-0.25, -0.2) is 13.2 Å². The molecule has 1 amide bonds. The average Bonchev–Trinajstić information content (AvgIpc) is 3.59. The number of ether oxygens (including phenoxy) is 1. The summed E-state index contributed by atoms with van der Waals surface area (Å²) >= 11 is 0. The van der Waals surface area contributed by atoms with Crippen LogP contribution in [0, 0.1) is 6.92 Å². The number of benzene rings is 1. The van der Waals surface area contributed by atoms with Gasteiger partial charge in [-0.15, -0.1) is 5.10 Å². The van der Waals surface area contributed by atoms with Gasteiger partial charge >= 0.3 is 6.03 Å². The van der Waals surface area contributed by atoms with E-state index in [-0.39, 0.29) is 17.4 Å². The third-order valence-electron chi connectivity index (χ3n) is 8.94. The van der Waals surface area contributed by atoms with Crippen LogP contribution in [0.2, 0.25) is 0 Å². The highest BCUT2D eigenvalue weighted by Gasteiger charge is 2.44. The quantitative estimate of drug-likeness (QED) is 0.620. The van der Waals surface area contributed by atoms with Gasteiger partial charge in [0.25, 0.3) is 0 Å². The summed E-state index contributed by atoms with van der Waals surface area (Å²) in [7, 11) is -3.44. The topological polar surface area (TPSA) is 100 Å². The van der Waals surface area contributed by atoms with Gasteiger partial charge in [0, 0.05) is 56.2 Å². The summed E-state index contributed by atoms with van der Waals surface area (Å²) in [6.45, 7) is 7.59. The number of likely N-dealkylation sites (tertiary alicyclic amines) is 2. The lowest BCUT2D eigenvalue weighted by Gasteiger charge is -2.45. The third kappa shape index (κ3) is 5.03. The van der Waals surface area contributed by atoms with Crippen molar-refractivity contribution in [2.45, 2.75) is 69.7 Å². The normalized spacial score (nSPS) is 25.3. The van der Waals surface area contributed by atoms with E-state index in [0.29, 0.717) is 25.3 Å². The maximum Gasteiger partial charge on any atom is 0.344 e. The van der Waals surface area contributed by atoms with Gasteiger partial charge in [-0.1, -0.05) is 12.1 Å². The second kappa shape index (κ2) is 9.84. The number of carbonyl (C=O) groups excluding carboxylic acids is 1. The molecule has 1 aromatic carbocycles. The molecule has 4 saturated heterocycles. The second-order valence-corrected chi connectivity index (χ2v) is 13.2. The Hall–Kier alpha value is -2.63. The molecule has 38 heavy (non-hydrogen) atoms. The van der Waals surface area contributed by atoms with Gasteiger partial charge in [-0.2, -0.15) is 4.68 Å². The number of aromatic nitrogens is 2. The predicted molar refractivity (Wildman–Crippen MR) is 146 cm³/mol. The number of fused-ring (bicyclic) bond motifs is 2. The van der Waals surface area contributed by atoms with E-state index >= 15 is 0 Å². The molecule has 1 spiro atoms. The van der Waals surface area contributed by atoms with Crippen LogP contribution in [0.4, 0.5) is 16.3 Å². The summed E-state index contributed by atoms with van der Waals surface area (Å²) in [6, 6.07) is 8.03. The Morgan fingerprint density at radius 2 is 1.84 bits per heavy atom. The number of nitrogens with one attached hydrogen (secondary N) is 1. The molecule has 5 heterocycles. The lowest BCUT2D eigenvalue weighted by molar-refractivity contribution is 0.0304. The molecule has 206 valence electrons. The second-order valence-electron chi connectivity index (χ2n) is 11.5. The van der Waals surface area contributed by atoms with Crippen molar-refractivity contribution in [3.8, 4) is 0 Å². The first-order valence-corrected chi connectivity index (χ1v) is 15.6. The highest BCUT2D eigenvalue weighted by molar-refractivity contribution is 7.92. The molecule has 0 radical (unpaired) electrons.